The van der Waals surface area contributed by atoms with Crippen LogP contribution in [0.2, 0.25) is 0 Å². The second-order valence-electron chi connectivity index (χ2n) is 5.48. The maximum Gasteiger partial charge on any atom is 0.335 e. The predicted octanol–water partition coefficient (Wildman–Crippen LogP) is 2.46. The number of ether oxygens (including phenoxy) is 1. The third-order valence-corrected chi connectivity index (χ3v) is 3.69. The summed E-state index contributed by atoms with van der Waals surface area (Å²) in [5, 5.41) is 11.5. The fraction of sp³-hybridized carbons (Fsp3) is 0.105. The first-order valence-corrected chi connectivity index (χ1v) is 7.93. The highest BCUT2D eigenvalue weighted by Crippen LogP contribution is 2.24. The van der Waals surface area contributed by atoms with Crippen molar-refractivity contribution >= 4 is 29.6 Å². The van der Waals surface area contributed by atoms with Gasteiger partial charge in [0.15, 0.2) is 0 Å². The number of phenolic OH excluding ortho intramolecular Hbond substituents is 1. The van der Waals surface area contributed by atoms with Crippen molar-refractivity contribution in [3.8, 4) is 11.5 Å². The van der Waals surface area contributed by atoms with Gasteiger partial charge in [0.2, 0.25) is 0 Å². The van der Waals surface area contributed by atoms with Crippen LogP contribution in [-0.2, 0) is 9.59 Å². The lowest BCUT2D eigenvalue weighted by atomic mass is 10.1. The minimum Gasteiger partial charge on any atom is -0.508 e. The third-order valence-electron chi connectivity index (χ3n) is 3.69. The molecule has 3 rings (SSSR count). The fourth-order valence-corrected chi connectivity index (χ4v) is 2.52. The molecule has 2 aromatic rings. The van der Waals surface area contributed by atoms with Crippen molar-refractivity contribution in [3.63, 3.8) is 0 Å². The van der Waals surface area contributed by atoms with E-state index in [0.29, 0.717) is 17.9 Å². The number of rotatable bonds is 4. The Balaban J connectivity index is 1.97. The largest absolute Gasteiger partial charge is 0.508 e. The Bertz CT molecular complexity index is 902. The molecule has 0 saturated carbocycles. The van der Waals surface area contributed by atoms with Gasteiger partial charge in [-0.1, -0.05) is 12.1 Å². The topological polar surface area (TPSA) is 95.9 Å². The van der Waals surface area contributed by atoms with E-state index in [2.05, 4.69) is 5.32 Å². The standard InChI is InChI=1S/C19H16N2O5/c1-2-26-15-5-3-4-12(10-15)11-16-17(23)20-19(25)21(18(16)24)13-6-8-14(22)9-7-13/h3-11,22H,2H2,1H3,(H,20,23,25)/b16-11-. The van der Waals surface area contributed by atoms with Crippen LogP contribution in [0.5, 0.6) is 11.5 Å². The number of anilines is 1. The van der Waals surface area contributed by atoms with E-state index in [0.717, 1.165) is 4.90 Å². The number of amides is 4. The molecule has 1 aliphatic heterocycles. The van der Waals surface area contributed by atoms with Crippen molar-refractivity contribution in [1.29, 1.82) is 0 Å². The summed E-state index contributed by atoms with van der Waals surface area (Å²) in [6.07, 6.45) is 1.40. The highest BCUT2D eigenvalue weighted by molar-refractivity contribution is 6.39. The van der Waals surface area contributed by atoms with Gasteiger partial charge in [-0.2, -0.15) is 0 Å². The van der Waals surface area contributed by atoms with Crippen molar-refractivity contribution in [1.82, 2.24) is 5.32 Å². The number of benzene rings is 2. The van der Waals surface area contributed by atoms with Gasteiger partial charge in [-0.3, -0.25) is 14.9 Å². The molecule has 1 aliphatic rings. The van der Waals surface area contributed by atoms with E-state index >= 15 is 0 Å². The second kappa shape index (κ2) is 7.10. The Morgan fingerprint density at radius 1 is 1.12 bits per heavy atom. The van der Waals surface area contributed by atoms with E-state index in [4.69, 9.17) is 4.74 Å². The van der Waals surface area contributed by atoms with E-state index in [1.54, 1.807) is 24.3 Å². The molecule has 0 bridgehead atoms. The van der Waals surface area contributed by atoms with Crippen LogP contribution in [0.3, 0.4) is 0 Å². The number of carbonyl (C=O) groups excluding carboxylic acids is 3. The minimum absolute atomic E-state index is 0.00167. The SMILES string of the molecule is CCOc1cccc(/C=C2/C(=O)NC(=O)N(c3ccc(O)cc3)C2=O)c1. The molecule has 0 aliphatic carbocycles. The minimum atomic E-state index is -0.842. The number of imide groups is 2. The summed E-state index contributed by atoms with van der Waals surface area (Å²) in [6.45, 7) is 2.34. The van der Waals surface area contributed by atoms with Crippen molar-refractivity contribution in [3.05, 3.63) is 59.7 Å². The van der Waals surface area contributed by atoms with Crippen LogP contribution in [0, 0.1) is 0 Å². The van der Waals surface area contributed by atoms with Gasteiger partial charge in [-0.15, -0.1) is 0 Å². The highest BCUT2D eigenvalue weighted by atomic mass is 16.5. The molecule has 7 nitrogen and oxygen atoms in total. The number of aromatic hydroxyl groups is 1. The molecule has 2 N–H and O–H groups in total. The molecule has 2 aromatic carbocycles. The van der Waals surface area contributed by atoms with E-state index in [1.807, 2.05) is 6.92 Å². The summed E-state index contributed by atoms with van der Waals surface area (Å²) in [5.41, 5.74) is 0.660. The average Bonchev–Trinajstić information content (AvgIpc) is 2.61. The molecule has 0 spiro atoms. The molecule has 1 heterocycles. The van der Waals surface area contributed by atoms with Crippen LogP contribution >= 0.6 is 0 Å². The molecular weight excluding hydrogens is 336 g/mol. The summed E-state index contributed by atoms with van der Waals surface area (Å²) in [4.78, 5) is 37.8. The van der Waals surface area contributed by atoms with Gasteiger partial charge < -0.3 is 9.84 Å². The van der Waals surface area contributed by atoms with Gasteiger partial charge in [0.25, 0.3) is 11.8 Å². The Morgan fingerprint density at radius 3 is 2.54 bits per heavy atom. The van der Waals surface area contributed by atoms with Crippen LogP contribution in [0.4, 0.5) is 10.5 Å². The number of hydrogen-bond acceptors (Lipinski definition) is 5. The van der Waals surface area contributed by atoms with Gasteiger partial charge >= 0.3 is 6.03 Å². The maximum absolute atomic E-state index is 12.7. The third kappa shape index (κ3) is 3.41. The summed E-state index contributed by atoms with van der Waals surface area (Å²) in [7, 11) is 0. The molecule has 1 saturated heterocycles. The predicted molar refractivity (Wildman–Crippen MR) is 94.7 cm³/mol. The number of phenols is 1. The van der Waals surface area contributed by atoms with Crippen LogP contribution in [0.25, 0.3) is 6.08 Å². The monoisotopic (exact) mass is 352 g/mol. The first-order valence-electron chi connectivity index (χ1n) is 7.93. The van der Waals surface area contributed by atoms with Gasteiger partial charge in [0.1, 0.15) is 17.1 Å². The molecule has 0 atom stereocenters. The van der Waals surface area contributed by atoms with E-state index in [1.165, 1.54) is 30.3 Å². The number of nitrogens with zero attached hydrogens (tertiary/aromatic N) is 1. The summed E-state index contributed by atoms with van der Waals surface area (Å²) in [6, 6.07) is 11.6. The highest BCUT2D eigenvalue weighted by Gasteiger charge is 2.36. The molecule has 7 heteroatoms. The Labute approximate surface area is 149 Å². The lowest BCUT2D eigenvalue weighted by Crippen LogP contribution is -2.54. The Morgan fingerprint density at radius 2 is 1.85 bits per heavy atom. The number of carbonyl (C=O) groups is 3. The molecule has 0 radical (unpaired) electrons. The van der Waals surface area contributed by atoms with Crippen molar-refractivity contribution in [2.75, 3.05) is 11.5 Å². The smallest absolute Gasteiger partial charge is 0.335 e. The summed E-state index contributed by atoms with van der Waals surface area (Å²) >= 11 is 0. The quantitative estimate of drug-likeness (QED) is 0.651. The van der Waals surface area contributed by atoms with Gasteiger partial charge in [-0.25, -0.2) is 9.69 Å². The Hall–Kier alpha value is -3.61. The number of nitrogens with one attached hydrogen (secondary N) is 1. The number of urea groups is 1. The van der Waals surface area contributed by atoms with Gasteiger partial charge in [-0.05, 0) is 55.0 Å². The number of barbiturate groups is 1. The van der Waals surface area contributed by atoms with Crippen LogP contribution in [0.1, 0.15) is 12.5 Å². The van der Waals surface area contributed by atoms with Crippen LogP contribution < -0.4 is 15.0 Å². The summed E-state index contributed by atoms with van der Waals surface area (Å²) in [5.74, 6) is -0.904. The van der Waals surface area contributed by atoms with Gasteiger partial charge in [0, 0.05) is 0 Å². The zero-order valence-electron chi connectivity index (χ0n) is 13.9. The van der Waals surface area contributed by atoms with Crippen molar-refractivity contribution < 1.29 is 24.2 Å². The molecule has 26 heavy (non-hydrogen) atoms. The zero-order valence-corrected chi connectivity index (χ0v) is 13.9. The normalized spacial score (nSPS) is 16.0. The second-order valence-corrected chi connectivity index (χ2v) is 5.48. The molecule has 4 amide bonds. The fourth-order valence-electron chi connectivity index (χ4n) is 2.52. The van der Waals surface area contributed by atoms with Crippen LogP contribution in [0.15, 0.2) is 54.1 Å². The number of hydrogen-bond donors (Lipinski definition) is 2. The molecule has 1 fully saturated rings. The first kappa shape index (κ1) is 17.2. The lowest BCUT2D eigenvalue weighted by molar-refractivity contribution is -0.122. The zero-order chi connectivity index (χ0) is 18.7. The van der Waals surface area contributed by atoms with E-state index in [9.17, 15) is 19.5 Å². The van der Waals surface area contributed by atoms with Crippen molar-refractivity contribution in [2.45, 2.75) is 6.92 Å². The lowest BCUT2D eigenvalue weighted by Gasteiger charge is -2.26. The van der Waals surface area contributed by atoms with Crippen molar-refractivity contribution in [2.24, 2.45) is 0 Å². The van der Waals surface area contributed by atoms with E-state index < -0.39 is 17.8 Å². The van der Waals surface area contributed by atoms with E-state index in [-0.39, 0.29) is 17.0 Å². The van der Waals surface area contributed by atoms with Crippen LogP contribution in [-0.4, -0.2) is 29.6 Å². The molecular formula is C19H16N2O5. The first-order chi connectivity index (χ1) is 12.5. The molecule has 0 unspecified atom stereocenters. The molecule has 0 aromatic heterocycles. The molecule has 132 valence electrons. The average molecular weight is 352 g/mol. The van der Waals surface area contributed by atoms with Gasteiger partial charge in [0.05, 0.1) is 12.3 Å². The Kier molecular flexibility index (Phi) is 4.70. The maximum atomic E-state index is 12.7. The summed E-state index contributed by atoms with van der Waals surface area (Å²) < 4.78 is 5.41.